The molecule has 0 radical (unpaired) electrons. The molecule has 102 valence electrons. The van der Waals surface area contributed by atoms with Crippen LogP contribution in [0.1, 0.15) is 12.5 Å². The zero-order valence-corrected chi connectivity index (χ0v) is 11.4. The molecule has 1 aromatic carbocycles. The fourth-order valence-corrected chi connectivity index (χ4v) is 2.11. The van der Waals surface area contributed by atoms with Gasteiger partial charge in [-0.05, 0) is 31.5 Å². The molecular formula is C14H20N4O. The first-order valence-electron chi connectivity index (χ1n) is 6.43. The Labute approximate surface area is 113 Å². The molecule has 0 unspecified atom stereocenters. The van der Waals surface area contributed by atoms with Crippen molar-refractivity contribution in [3.05, 3.63) is 36.0 Å². The summed E-state index contributed by atoms with van der Waals surface area (Å²) in [4.78, 5) is 2.22. The Morgan fingerprint density at radius 3 is 2.79 bits per heavy atom. The SMILES string of the molecule is CCN(CCn1ccc(N)n1)c1cc(O)ccc1C. The molecule has 5 heteroatoms. The molecule has 1 aromatic heterocycles. The quantitative estimate of drug-likeness (QED) is 0.863. The second kappa shape index (κ2) is 5.65. The molecular weight excluding hydrogens is 240 g/mol. The number of anilines is 2. The molecule has 0 aliphatic carbocycles. The molecule has 0 bridgehead atoms. The normalized spacial score (nSPS) is 10.6. The standard InChI is InChI=1S/C14H20N4O/c1-3-17(8-9-18-7-6-14(15)16-18)13-10-12(19)5-4-11(13)2/h4-7,10,19H,3,8-9H2,1-2H3,(H2,15,16). The number of phenolic OH excluding ortho intramolecular Hbond substituents is 1. The number of hydrogen-bond acceptors (Lipinski definition) is 4. The number of aromatic hydroxyl groups is 1. The number of aromatic nitrogens is 2. The molecule has 5 nitrogen and oxygen atoms in total. The van der Waals surface area contributed by atoms with Crippen LogP contribution in [0.15, 0.2) is 30.5 Å². The number of aryl methyl sites for hydroxylation is 1. The Bertz CT molecular complexity index is 550. The van der Waals surface area contributed by atoms with E-state index in [1.165, 1.54) is 0 Å². The lowest BCUT2D eigenvalue weighted by molar-refractivity contribution is 0.475. The monoisotopic (exact) mass is 260 g/mol. The Balaban J connectivity index is 2.09. The average molecular weight is 260 g/mol. The van der Waals surface area contributed by atoms with Crippen LogP contribution >= 0.6 is 0 Å². The summed E-state index contributed by atoms with van der Waals surface area (Å²) in [6.45, 7) is 6.60. The number of phenols is 1. The number of nitrogens with two attached hydrogens (primary N) is 1. The molecule has 0 saturated heterocycles. The molecule has 0 spiro atoms. The molecule has 3 N–H and O–H groups in total. The largest absolute Gasteiger partial charge is 0.508 e. The summed E-state index contributed by atoms with van der Waals surface area (Å²) in [6.07, 6.45) is 1.87. The molecule has 2 rings (SSSR count). The van der Waals surface area contributed by atoms with Gasteiger partial charge < -0.3 is 15.7 Å². The van der Waals surface area contributed by atoms with E-state index in [0.717, 1.165) is 30.9 Å². The second-order valence-corrected chi connectivity index (χ2v) is 4.55. The van der Waals surface area contributed by atoms with E-state index in [1.807, 2.05) is 23.9 Å². The Kier molecular flexibility index (Phi) is 3.94. The van der Waals surface area contributed by atoms with E-state index in [4.69, 9.17) is 5.73 Å². The number of likely N-dealkylation sites (N-methyl/N-ethyl adjacent to an activating group) is 1. The predicted octanol–water partition coefficient (Wildman–Crippen LogP) is 2.01. The summed E-state index contributed by atoms with van der Waals surface area (Å²) in [6, 6.07) is 7.23. The summed E-state index contributed by atoms with van der Waals surface area (Å²) in [7, 11) is 0. The van der Waals surface area contributed by atoms with Gasteiger partial charge >= 0.3 is 0 Å². The first-order valence-corrected chi connectivity index (χ1v) is 6.43. The van der Waals surface area contributed by atoms with E-state index in [2.05, 4.69) is 16.9 Å². The van der Waals surface area contributed by atoms with Crippen LogP contribution in [0.5, 0.6) is 5.75 Å². The first-order chi connectivity index (χ1) is 9.10. The third kappa shape index (κ3) is 3.19. The van der Waals surface area contributed by atoms with Gasteiger partial charge in [0.1, 0.15) is 11.6 Å². The highest BCUT2D eigenvalue weighted by Gasteiger charge is 2.08. The highest BCUT2D eigenvalue weighted by molar-refractivity contribution is 5.56. The number of nitrogen functional groups attached to an aromatic ring is 1. The highest BCUT2D eigenvalue weighted by Crippen LogP contribution is 2.24. The van der Waals surface area contributed by atoms with Crippen LogP contribution in [0, 0.1) is 6.92 Å². The molecule has 1 heterocycles. The molecule has 2 aromatic rings. The van der Waals surface area contributed by atoms with Crippen molar-refractivity contribution in [2.24, 2.45) is 0 Å². The van der Waals surface area contributed by atoms with E-state index in [0.29, 0.717) is 11.6 Å². The van der Waals surface area contributed by atoms with Gasteiger partial charge in [0.25, 0.3) is 0 Å². The fraction of sp³-hybridized carbons (Fsp3) is 0.357. The minimum absolute atomic E-state index is 0.294. The maximum atomic E-state index is 9.61. The van der Waals surface area contributed by atoms with E-state index >= 15 is 0 Å². The van der Waals surface area contributed by atoms with Crippen LogP contribution in [-0.2, 0) is 6.54 Å². The van der Waals surface area contributed by atoms with Gasteiger partial charge in [-0.25, -0.2) is 0 Å². The molecule has 0 saturated carbocycles. The predicted molar refractivity (Wildman–Crippen MR) is 77.4 cm³/mol. The van der Waals surface area contributed by atoms with Gasteiger partial charge in [-0.15, -0.1) is 0 Å². The van der Waals surface area contributed by atoms with Gasteiger partial charge in [-0.2, -0.15) is 5.10 Å². The Hall–Kier alpha value is -2.17. The molecule has 0 aliphatic heterocycles. The smallest absolute Gasteiger partial charge is 0.145 e. The maximum Gasteiger partial charge on any atom is 0.145 e. The van der Waals surface area contributed by atoms with Crippen molar-refractivity contribution in [1.29, 1.82) is 0 Å². The Morgan fingerprint density at radius 2 is 2.16 bits per heavy atom. The van der Waals surface area contributed by atoms with Crippen molar-refractivity contribution in [2.75, 3.05) is 23.7 Å². The van der Waals surface area contributed by atoms with Crippen molar-refractivity contribution in [2.45, 2.75) is 20.4 Å². The van der Waals surface area contributed by atoms with Crippen molar-refractivity contribution in [3.8, 4) is 5.75 Å². The first kappa shape index (κ1) is 13.3. The van der Waals surface area contributed by atoms with Crippen LogP contribution in [0.2, 0.25) is 0 Å². The van der Waals surface area contributed by atoms with Gasteiger partial charge in [0.15, 0.2) is 0 Å². The van der Waals surface area contributed by atoms with Crippen LogP contribution in [0.3, 0.4) is 0 Å². The van der Waals surface area contributed by atoms with Gasteiger partial charge in [0.05, 0.1) is 6.54 Å². The molecule has 19 heavy (non-hydrogen) atoms. The van der Waals surface area contributed by atoms with Gasteiger partial charge in [0, 0.05) is 31.0 Å². The van der Waals surface area contributed by atoms with E-state index < -0.39 is 0 Å². The molecule has 0 fully saturated rings. The minimum Gasteiger partial charge on any atom is -0.508 e. The molecule has 0 atom stereocenters. The summed E-state index contributed by atoms with van der Waals surface area (Å²) in [5.41, 5.74) is 7.80. The van der Waals surface area contributed by atoms with Crippen LogP contribution in [-0.4, -0.2) is 28.0 Å². The van der Waals surface area contributed by atoms with Gasteiger partial charge in [-0.3, -0.25) is 4.68 Å². The van der Waals surface area contributed by atoms with Crippen molar-refractivity contribution in [3.63, 3.8) is 0 Å². The summed E-state index contributed by atoms with van der Waals surface area (Å²) < 4.78 is 1.83. The number of rotatable bonds is 5. The van der Waals surface area contributed by atoms with E-state index in [9.17, 15) is 5.11 Å². The average Bonchev–Trinajstić information content (AvgIpc) is 2.80. The number of hydrogen-bond donors (Lipinski definition) is 2. The molecule has 0 aliphatic rings. The van der Waals surface area contributed by atoms with Crippen molar-refractivity contribution < 1.29 is 5.11 Å². The highest BCUT2D eigenvalue weighted by atomic mass is 16.3. The Morgan fingerprint density at radius 1 is 1.37 bits per heavy atom. The zero-order chi connectivity index (χ0) is 13.8. The molecule has 0 amide bonds. The topological polar surface area (TPSA) is 67.3 Å². The third-order valence-electron chi connectivity index (χ3n) is 3.18. The van der Waals surface area contributed by atoms with Crippen LogP contribution < -0.4 is 10.6 Å². The van der Waals surface area contributed by atoms with Crippen molar-refractivity contribution >= 4 is 11.5 Å². The fourth-order valence-electron chi connectivity index (χ4n) is 2.11. The van der Waals surface area contributed by atoms with E-state index in [-0.39, 0.29) is 0 Å². The summed E-state index contributed by atoms with van der Waals surface area (Å²) in [5, 5.41) is 13.8. The van der Waals surface area contributed by atoms with Gasteiger partial charge in [0.2, 0.25) is 0 Å². The van der Waals surface area contributed by atoms with Crippen LogP contribution in [0.25, 0.3) is 0 Å². The van der Waals surface area contributed by atoms with Gasteiger partial charge in [-0.1, -0.05) is 6.07 Å². The zero-order valence-electron chi connectivity index (χ0n) is 11.4. The van der Waals surface area contributed by atoms with Crippen molar-refractivity contribution in [1.82, 2.24) is 9.78 Å². The maximum absolute atomic E-state index is 9.61. The minimum atomic E-state index is 0.294. The number of nitrogens with zero attached hydrogens (tertiary/aromatic N) is 3. The lowest BCUT2D eigenvalue weighted by Gasteiger charge is -2.25. The second-order valence-electron chi connectivity index (χ2n) is 4.55. The summed E-state index contributed by atoms with van der Waals surface area (Å²) in [5.74, 6) is 0.832. The number of benzene rings is 1. The lowest BCUT2D eigenvalue weighted by Crippen LogP contribution is -2.27. The summed E-state index contributed by atoms with van der Waals surface area (Å²) >= 11 is 0. The van der Waals surface area contributed by atoms with E-state index in [1.54, 1.807) is 18.2 Å². The lowest BCUT2D eigenvalue weighted by atomic mass is 10.1. The van der Waals surface area contributed by atoms with Crippen LogP contribution in [0.4, 0.5) is 11.5 Å². The third-order valence-corrected chi connectivity index (χ3v) is 3.18.